The molecule has 0 spiro atoms. The van der Waals surface area contributed by atoms with Crippen molar-refractivity contribution in [1.82, 2.24) is 0 Å². The molecule has 1 aromatic carbocycles. The summed E-state index contributed by atoms with van der Waals surface area (Å²) < 4.78 is 5.16. The lowest BCUT2D eigenvalue weighted by Crippen LogP contribution is -2.22. The van der Waals surface area contributed by atoms with Gasteiger partial charge < -0.3 is 10.5 Å². The Kier molecular flexibility index (Phi) is 4.47. The summed E-state index contributed by atoms with van der Waals surface area (Å²) in [5, 5.41) is 0. The smallest absolute Gasteiger partial charge is 0.119 e. The minimum absolute atomic E-state index is 0.270. The van der Waals surface area contributed by atoms with Crippen LogP contribution in [0.1, 0.15) is 25.3 Å². The third kappa shape index (κ3) is 3.38. The van der Waals surface area contributed by atoms with E-state index in [0.717, 1.165) is 25.0 Å². The van der Waals surface area contributed by atoms with Crippen molar-refractivity contribution >= 4 is 0 Å². The third-order valence-corrected chi connectivity index (χ3v) is 2.29. The van der Waals surface area contributed by atoms with Gasteiger partial charge in [-0.3, -0.25) is 0 Å². The largest absolute Gasteiger partial charge is 0.497 e. The molecule has 14 heavy (non-hydrogen) atoms. The van der Waals surface area contributed by atoms with Crippen LogP contribution in [0.5, 0.6) is 5.75 Å². The van der Waals surface area contributed by atoms with Crippen LogP contribution in [0.4, 0.5) is 0 Å². The van der Waals surface area contributed by atoms with Gasteiger partial charge in [-0.1, -0.05) is 25.5 Å². The first kappa shape index (κ1) is 11.1. The maximum absolute atomic E-state index is 5.97. The summed E-state index contributed by atoms with van der Waals surface area (Å²) in [6.45, 7) is 2.16. The Balaban J connectivity index is 2.57. The summed E-state index contributed by atoms with van der Waals surface area (Å²) in [5.41, 5.74) is 7.22. The second kappa shape index (κ2) is 5.66. The molecule has 1 aromatic rings. The zero-order valence-corrected chi connectivity index (χ0v) is 8.99. The van der Waals surface area contributed by atoms with Crippen LogP contribution in [0.2, 0.25) is 0 Å². The highest BCUT2D eigenvalue weighted by Gasteiger charge is 2.03. The molecule has 2 nitrogen and oxygen atoms in total. The van der Waals surface area contributed by atoms with E-state index in [1.807, 2.05) is 12.1 Å². The van der Waals surface area contributed by atoms with Crippen molar-refractivity contribution in [3.8, 4) is 5.75 Å². The molecule has 0 radical (unpaired) electrons. The zero-order chi connectivity index (χ0) is 10.4. The van der Waals surface area contributed by atoms with Crippen molar-refractivity contribution in [1.29, 1.82) is 0 Å². The zero-order valence-electron chi connectivity index (χ0n) is 8.99. The van der Waals surface area contributed by atoms with E-state index in [0.29, 0.717) is 0 Å². The highest BCUT2D eigenvalue weighted by atomic mass is 16.5. The van der Waals surface area contributed by atoms with Crippen LogP contribution in [0.3, 0.4) is 0 Å². The van der Waals surface area contributed by atoms with Gasteiger partial charge in [0, 0.05) is 6.04 Å². The molecule has 0 saturated carbocycles. The van der Waals surface area contributed by atoms with E-state index in [9.17, 15) is 0 Å². The molecule has 0 bridgehead atoms. The SMILES string of the molecule is CCC[C@H](N)Cc1cccc(OC)c1. The van der Waals surface area contributed by atoms with Crippen LogP contribution in [0.15, 0.2) is 24.3 Å². The summed E-state index contributed by atoms with van der Waals surface area (Å²) in [6.07, 6.45) is 3.16. The molecule has 0 aliphatic heterocycles. The molecular formula is C12H19NO. The van der Waals surface area contributed by atoms with Crippen LogP contribution < -0.4 is 10.5 Å². The molecule has 0 aromatic heterocycles. The summed E-state index contributed by atoms with van der Waals surface area (Å²) >= 11 is 0. The van der Waals surface area contributed by atoms with Crippen LogP contribution in [-0.4, -0.2) is 13.2 Å². The van der Waals surface area contributed by atoms with Gasteiger partial charge in [-0.15, -0.1) is 0 Å². The van der Waals surface area contributed by atoms with Gasteiger partial charge in [-0.2, -0.15) is 0 Å². The van der Waals surface area contributed by atoms with E-state index in [-0.39, 0.29) is 6.04 Å². The van der Waals surface area contributed by atoms with Gasteiger partial charge >= 0.3 is 0 Å². The summed E-state index contributed by atoms with van der Waals surface area (Å²) in [6, 6.07) is 8.38. The quantitative estimate of drug-likeness (QED) is 0.779. The van der Waals surface area contributed by atoms with Gasteiger partial charge in [0.1, 0.15) is 5.75 Å². The van der Waals surface area contributed by atoms with Gasteiger partial charge in [0.05, 0.1) is 7.11 Å². The molecule has 2 heteroatoms. The molecular weight excluding hydrogens is 174 g/mol. The van der Waals surface area contributed by atoms with E-state index < -0.39 is 0 Å². The fraction of sp³-hybridized carbons (Fsp3) is 0.500. The van der Waals surface area contributed by atoms with Crippen molar-refractivity contribution < 1.29 is 4.74 Å². The van der Waals surface area contributed by atoms with Crippen molar-refractivity contribution in [2.45, 2.75) is 32.2 Å². The summed E-state index contributed by atoms with van der Waals surface area (Å²) in [7, 11) is 1.69. The van der Waals surface area contributed by atoms with Crippen molar-refractivity contribution in [2.24, 2.45) is 5.73 Å². The average molecular weight is 193 g/mol. The lowest BCUT2D eigenvalue weighted by molar-refractivity contribution is 0.414. The van der Waals surface area contributed by atoms with Gasteiger partial charge in [-0.05, 0) is 30.5 Å². The summed E-state index contributed by atoms with van der Waals surface area (Å²) in [5.74, 6) is 0.909. The van der Waals surface area contributed by atoms with Crippen LogP contribution in [0, 0.1) is 0 Å². The number of benzene rings is 1. The first-order valence-corrected chi connectivity index (χ1v) is 5.14. The minimum Gasteiger partial charge on any atom is -0.497 e. The Bertz CT molecular complexity index is 273. The van der Waals surface area contributed by atoms with Gasteiger partial charge in [0.25, 0.3) is 0 Å². The molecule has 0 amide bonds. The number of ether oxygens (including phenoxy) is 1. The number of methoxy groups -OCH3 is 1. The number of rotatable bonds is 5. The summed E-state index contributed by atoms with van der Waals surface area (Å²) in [4.78, 5) is 0. The monoisotopic (exact) mass is 193 g/mol. The normalized spacial score (nSPS) is 12.5. The van der Waals surface area contributed by atoms with Crippen molar-refractivity contribution in [2.75, 3.05) is 7.11 Å². The molecule has 2 N–H and O–H groups in total. The fourth-order valence-corrected chi connectivity index (χ4v) is 1.58. The lowest BCUT2D eigenvalue weighted by atomic mass is 10.0. The van der Waals surface area contributed by atoms with Crippen molar-refractivity contribution in [3.63, 3.8) is 0 Å². The van der Waals surface area contributed by atoms with E-state index in [1.165, 1.54) is 5.56 Å². The predicted octanol–water partition coefficient (Wildman–Crippen LogP) is 2.37. The van der Waals surface area contributed by atoms with Gasteiger partial charge in [0.15, 0.2) is 0 Å². The maximum Gasteiger partial charge on any atom is 0.119 e. The van der Waals surface area contributed by atoms with Gasteiger partial charge in [-0.25, -0.2) is 0 Å². The molecule has 0 unspecified atom stereocenters. The van der Waals surface area contributed by atoms with Crippen LogP contribution >= 0.6 is 0 Å². The Morgan fingerprint density at radius 2 is 2.21 bits per heavy atom. The second-order valence-electron chi connectivity index (χ2n) is 3.60. The first-order chi connectivity index (χ1) is 6.76. The molecule has 0 aliphatic rings. The lowest BCUT2D eigenvalue weighted by Gasteiger charge is -2.10. The Morgan fingerprint density at radius 3 is 2.86 bits per heavy atom. The highest BCUT2D eigenvalue weighted by Crippen LogP contribution is 2.14. The molecule has 0 saturated heterocycles. The van der Waals surface area contributed by atoms with E-state index in [1.54, 1.807) is 7.11 Å². The number of nitrogens with two attached hydrogens (primary N) is 1. The highest BCUT2D eigenvalue weighted by molar-refractivity contribution is 5.28. The van der Waals surface area contributed by atoms with Crippen molar-refractivity contribution in [3.05, 3.63) is 29.8 Å². The number of hydrogen-bond acceptors (Lipinski definition) is 2. The molecule has 0 fully saturated rings. The molecule has 1 atom stereocenters. The van der Waals surface area contributed by atoms with Crippen LogP contribution in [-0.2, 0) is 6.42 Å². The first-order valence-electron chi connectivity index (χ1n) is 5.14. The third-order valence-electron chi connectivity index (χ3n) is 2.29. The Morgan fingerprint density at radius 1 is 1.43 bits per heavy atom. The van der Waals surface area contributed by atoms with E-state index in [2.05, 4.69) is 19.1 Å². The maximum atomic E-state index is 5.97. The second-order valence-corrected chi connectivity index (χ2v) is 3.60. The fourth-order valence-electron chi connectivity index (χ4n) is 1.58. The Labute approximate surface area is 86.1 Å². The standard InChI is InChI=1S/C12H19NO/c1-3-5-11(13)8-10-6-4-7-12(9-10)14-2/h4,6-7,9,11H,3,5,8,13H2,1-2H3/t11-/m0/s1. The predicted molar refractivity (Wildman–Crippen MR) is 59.6 cm³/mol. The number of hydrogen-bond donors (Lipinski definition) is 1. The Hall–Kier alpha value is -1.02. The molecule has 0 heterocycles. The molecule has 0 aliphatic carbocycles. The minimum atomic E-state index is 0.270. The molecule has 1 rings (SSSR count). The van der Waals surface area contributed by atoms with Gasteiger partial charge in [0.2, 0.25) is 0 Å². The van der Waals surface area contributed by atoms with Crippen LogP contribution in [0.25, 0.3) is 0 Å². The topological polar surface area (TPSA) is 35.2 Å². The van der Waals surface area contributed by atoms with E-state index in [4.69, 9.17) is 10.5 Å². The van der Waals surface area contributed by atoms with E-state index >= 15 is 0 Å². The molecule has 78 valence electrons. The average Bonchev–Trinajstić information content (AvgIpc) is 2.18.